The van der Waals surface area contributed by atoms with E-state index in [9.17, 15) is 0 Å². The molecule has 1 aromatic rings. The fourth-order valence-electron chi connectivity index (χ4n) is 2.12. The molecule has 1 aliphatic rings. The van der Waals surface area contributed by atoms with Gasteiger partial charge < -0.3 is 11.1 Å². The smallest absolute Gasteiger partial charge is 0.0538 e. The zero-order chi connectivity index (χ0) is 11.5. The number of aryl methyl sites for hydroxylation is 1. The number of aromatic nitrogens is 2. The Morgan fingerprint density at radius 3 is 2.88 bits per heavy atom. The van der Waals surface area contributed by atoms with Crippen LogP contribution in [0.5, 0.6) is 0 Å². The van der Waals surface area contributed by atoms with Gasteiger partial charge in [0.15, 0.2) is 0 Å². The second-order valence-electron chi connectivity index (χ2n) is 4.96. The van der Waals surface area contributed by atoms with Gasteiger partial charge in [0.05, 0.1) is 6.20 Å². The van der Waals surface area contributed by atoms with Crippen LogP contribution < -0.4 is 11.1 Å². The summed E-state index contributed by atoms with van der Waals surface area (Å²) in [6.07, 6.45) is 6.74. The first kappa shape index (κ1) is 11.6. The van der Waals surface area contributed by atoms with Gasteiger partial charge in [0.25, 0.3) is 0 Å². The van der Waals surface area contributed by atoms with Crippen LogP contribution in [0.4, 0.5) is 0 Å². The highest BCUT2D eigenvalue weighted by Crippen LogP contribution is 2.36. The molecule has 1 heterocycles. The summed E-state index contributed by atoms with van der Waals surface area (Å²) in [6, 6.07) is 0.245. The molecule has 1 saturated carbocycles. The molecule has 16 heavy (non-hydrogen) atoms. The van der Waals surface area contributed by atoms with E-state index in [-0.39, 0.29) is 6.04 Å². The Morgan fingerprint density at radius 2 is 2.38 bits per heavy atom. The summed E-state index contributed by atoms with van der Waals surface area (Å²) in [5.74, 6) is 1.71. The van der Waals surface area contributed by atoms with E-state index in [1.54, 1.807) is 0 Å². The second-order valence-corrected chi connectivity index (χ2v) is 4.96. The van der Waals surface area contributed by atoms with Crippen molar-refractivity contribution in [1.82, 2.24) is 15.1 Å². The summed E-state index contributed by atoms with van der Waals surface area (Å²) in [6.45, 7) is 4.01. The molecule has 3 N–H and O–H groups in total. The second kappa shape index (κ2) is 4.97. The van der Waals surface area contributed by atoms with E-state index in [0.717, 1.165) is 18.4 Å². The maximum absolute atomic E-state index is 5.79. The molecule has 0 radical (unpaired) electrons. The van der Waals surface area contributed by atoms with Gasteiger partial charge in [0.1, 0.15) is 0 Å². The van der Waals surface area contributed by atoms with Crippen LogP contribution in [0, 0.1) is 11.8 Å². The van der Waals surface area contributed by atoms with Crippen LogP contribution in [0.1, 0.15) is 31.4 Å². The lowest BCUT2D eigenvalue weighted by atomic mass is 10.1. The van der Waals surface area contributed by atoms with Gasteiger partial charge in [0, 0.05) is 31.4 Å². The van der Waals surface area contributed by atoms with Crippen LogP contribution in [-0.2, 0) is 7.05 Å². The fraction of sp³-hybridized carbons (Fsp3) is 0.750. The lowest BCUT2D eigenvalue weighted by molar-refractivity contribution is 0.422. The van der Waals surface area contributed by atoms with E-state index in [4.69, 9.17) is 5.73 Å². The van der Waals surface area contributed by atoms with Crippen LogP contribution >= 0.6 is 0 Å². The van der Waals surface area contributed by atoms with E-state index in [1.165, 1.54) is 18.4 Å². The maximum atomic E-state index is 5.79. The van der Waals surface area contributed by atoms with E-state index in [1.807, 2.05) is 24.1 Å². The quantitative estimate of drug-likeness (QED) is 0.756. The molecule has 4 nitrogen and oxygen atoms in total. The summed E-state index contributed by atoms with van der Waals surface area (Å²) in [4.78, 5) is 0. The molecule has 0 aliphatic heterocycles. The maximum Gasteiger partial charge on any atom is 0.0538 e. The average Bonchev–Trinajstić information content (AvgIpc) is 3.03. The van der Waals surface area contributed by atoms with Crippen LogP contribution in [-0.4, -0.2) is 22.9 Å². The van der Waals surface area contributed by atoms with E-state index in [0.29, 0.717) is 6.54 Å². The Bertz CT molecular complexity index is 330. The van der Waals surface area contributed by atoms with Crippen molar-refractivity contribution in [3.05, 3.63) is 18.0 Å². The predicted octanol–water partition coefficient (Wildman–Crippen LogP) is 1.06. The number of hydrogen-bond acceptors (Lipinski definition) is 3. The van der Waals surface area contributed by atoms with Crippen molar-refractivity contribution in [1.29, 1.82) is 0 Å². The van der Waals surface area contributed by atoms with Crippen LogP contribution in [0.3, 0.4) is 0 Å². The van der Waals surface area contributed by atoms with Crippen molar-refractivity contribution in [2.75, 3.05) is 13.1 Å². The summed E-state index contributed by atoms with van der Waals surface area (Å²) >= 11 is 0. The number of rotatable bonds is 6. The predicted molar refractivity (Wildman–Crippen MR) is 64.9 cm³/mol. The van der Waals surface area contributed by atoms with Gasteiger partial charge in [-0.3, -0.25) is 4.68 Å². The third-order valence-electron chi connectivity index (χ3n) is 3.48. The van der Waals surface area contributed by atoms with Gasteiger partial charge in [-0.05, 0) is 31.2 Å². The van der Waals surface area contributed by atoms with Crippen molar-refractivity contribution in [3.63, 3.8) is 0 Å². The normalized spacial score (nSPS) is 19.7. The van der Waals surface area contributed by atoms with Crippen LogP contribution in [0.25, 0.3) is 0 Å². The lowest BCUT2D eigenvalue weighted by Gasteiger charge is -2.18. The molecule has 0 saturated heterocycles. The number of nitrogens with one attached hydrogen (secondary N) is 1. The number of hydrogen-bond donors (Lipinski definition) is 2. The topological polar surface area (TPSA) is 55.9 Å². The largest absolute Gasteiger partial charge is 0.329 e. The monoisotopic (exact) mass is 222 g/mol. The highest BCUT2D eigenvalue weighted by Gasteiger charge is 2.28. The minimum Gasteiger partial charge on any atom is -0.329 e. The Hall–Kier alpha value is -0.870. The number of nitrogens with zero attached hydrogens (tertiary/aromatic N) is 2. The summed E-state index contributed by atoms with van der Waals surface area (Å²) in [7, 11) is 1.93. The first-order valence-corrected chi connectivity index (χ1v) is 6.12. The SMILES string of the molecule is CC(CNC(CN)c1cnn(C)c1)C1CC1. The molecule has 90 valence electrons. The Morgan fingerprint density at radius 1 is 1.62 bits per heavy atom. The van der Waals surface area contributed by atoms with Crippen molar-refractivity contribution in [2.24, 2.45) is 24.6 Å². The lowest BCUT2D eigenvalue weighted by Crippen LogP contribution is -2.31. The molecule has 4 heteroatoms. The molecule has 2 unspecified atom stereocenters. The van der Waals surface area contributed by atoms with Crippen molar-refractivity contribution in [3.8, 4) is 0 Å². The van der Waals surface area contributed by atoms with E-state index >= 15 is 0 Å². The molecule has 1 fully saturated rings. The van der Waals surface area contributed by atoms with Gasteiger partial charge in [-0.2, -0.15) is 5.10 Å². The molecule has 0 spiro atoms. The standard InChI is InChI=1S/C12H22N4/c1-9(10-3-4-10)6-14-12(5-13)11-7-15-16(2)8-11/h7-10,12,14H,3-6,13H2,1-2H3. The average molecular weight is 222 g/mol. The van der Waals surface area contributed by atoms with Crippen LogP contribution in [0.15, 0.2) is 12.4 Å². The first-order valence-electron chi connectivity index (χ1n) is 6.12. The summed E-state index contributed by atoms with van der Waals surface area (Å²) < 4.78 is 1.82. The molecule has 2 rings (SSSR count). The van der Waals surface area contributed by atoms with Gasteiger partial charge >= 0.3 is 0 Å². The van der Waals surface area contributed by atoms with Crippen LogP contribution in [0.2, 0.25) is 0 Å². The highest BCUT2D eigenvalue weighted by molar-refractivity contribution is 5.10. The van der Waals surface area contributed by atoms with Gasteiger partial charge in [-0.1, -0.05) is 6.92 Å². The minimum atomic E-state index is 0.245. The molecular weight excluding hydrogens is 200 g/mol. The zero-order valence-electron chi connectivity index (χ0n) is 10.2. The summed E-state index contributed by atoms with van der Waals surface area (Å²) in [5, 5.41) is 7.72. The molecule has 1 aliphatic carbocycles. The minimum absolute atomic E-state index is 0.245. The van der Waals surface area contributed by atoms with Crippen molar-refractivity contribution in [2.45, 2.75) is 25.8 Å². The van der Waals surface area contributed by atoms with Gasteiger partial charge in [-0.25, -0.2) is 0 Å². The molecule has 0 aromatic carbocycles. The number of nitrogens with two attached hydrogens (primary N) is 1. The Balaban J connectivity index is 1.85. The van der Waals surface area contributed by atoms with E-state index < -0.39 is 0 Å². The van der Waals surface area contributed by atoms with Crippen molar-refractivity contribution < 1.29 is 0 Å². The first-order chi connectivity index (χ1) is 7.70. The summed E-state index contributed by atoms with van der Waals surface area (Å²) in [5.41, 5.74) is 6.98. The highest BCUT2D eigenvalue weighted by atomic mass is 15.2. The fourth-order valence-corrected chi connectivity index (χ4v) is 2.12. The van der Waals surface area contributed by atoms with E-state index in [2.05, 4.69) is 17.3 Å². The zero-order valence-corrected chi connectivity index (χ0v) is 10.2. The Kier molecular flexibility index (Phi) is 3.61. The third-order valence-corrected chi connectivity index (χ3v) is 3.48. The van der Waals surface area contributed by atoms with Gasteiger partial charge in [-0.15, -0.1) is 0 Å². The molecular formula is C12H22N4. The van der Waals surface area contributed by atoms with Gasteiger partial charge in [0.2, 0.25) is 0 Å². The molecule has 1 aromatic heterocycles. The molecule has 0 bridgehead atoms. The molecule has 0 amide bonds. The molecule has 2 atom stereocenters. The Labute approximate surface area is 97.2 Å². The third kappa shape index (κ3) is 2.83. The van der Waals surface area contributed by atoms with Crippen molar-refractivity contribution >= 4 is 0 Å².